The molecule has 134 valence electrons. The summed E-state index contributed by atoms with van der Waals surface area (Å²) in [6.45, 7) is 4.16. The van der Waals surface area contributed by atoms with E-state index in [-0.39, 0.29) is 5.91 Å². The highest BCUT2D eigenvalue weighted by atomic mass is 16.2. The van der Waals surface area contributed by atoms with E-state index in [1.165, 1.54) is 5.56 Å². The standard InChI is InChI=1S/C21H24N4O/c1-5-16-10-12-17(13-11-16)20-18(21(26)23-24(3)4)14-25(22-20)19-9-7-6-8-15(19)2/h6-14H,5H2,1-4H3,(H,23,26). The summed E-state index contributed by atoms with van der Waals surface area (Å²) in [6.07, 6.45) is 2.77. The Bertz CT molecular complexity index is 910. The van der Waals surface area contributed by atoms with E-state index in [2.05, 4.69) is 24.5 Å². The zero-order valence-corrected chi connectivity index (χ0v) is 15.7. The van der Waals surface area contributed by atoms with Crippen molar-refractivity contribution in [1.82, 2.24) is 20.2 Å². The van der Waals surface area contributed by atoms with Crippen molar-refractivity contribution in [1.29, 1.82) is 0 Å². The number of carbonyl (C=O) groups excluding carboxylic acids is 1. The Morgan fingerprint density at radius 2 is 1.81 bits per heavy atom. The van der Waals surface area contributed by atoms with Crippen LogP contribution < -0.4 is 5.43 Å². The Morgan fingerprint density at radius 3 is 2.42 bits per heavy atom. The van der Waals surface area contributed by atoms with Gasteiger partial charge in [0.15, 0.2) is 0 Å². The highest BCUT2D eigenvalue weighted by molar-refractivity contribution is 5.99. The third kappa shape index (κ3) is 3.68. The van der Waals surface area contributed by atoms with Crippen molar-refractivity contribution in [3.8, 4) is 16.9 Å². The van der Waals surface area contributed by atoms with Crippen molar-refractivity contribution in [2.24, 2.45) is 0 Å². The monoisotopic (exact) mass is 348 g/mol. The molecule has 0 spiro atoms. The quantitative estimate of drug-likeness (QED) is 0.717. The van der Waals surface area contributed by atoms with Crippen molar-refractivity contribution in [3.05, 3.63) is 71.4 Å². The zero-order valence-electron chi connectivity index (χ0n) is 15.7. The van der Waals surface area contributed by atoms with Crippen LogP contribution in [0.25, 0.3) is 16.9 Å². The number of aryl methyl sites for hydroxylation is 2. The molecule has 1 amide bonds. The van der Waals surface area contributed by atoms with E-state index in [0.29, 0.717) is 11.3 Å². The van der Waals surface area contributed by atoms with Crippen molar-refractivity contribution >= 4 is 5.91 Å². The molecule has 1 aromatic heterocycles. The molecule has 0 aliphatic heterocycles. The van der Waals surface area contributed by atoms with Crippen molar-refractivity contribution in [2.75, 3.05) is 14.1 Å². The molecule has 0 bridgehead atoms. The molecule has 5 heteroatoms. The van der Waals surface area contributed by atoms with E-state index in [0.717, 1.165) is 23.2 Å². The highest BCUT2D eigenvalue weighted by Gasteiger charge is 2.19. The van der Waals surface area contributed by atoms with Crippen LogP contribution in [0.2, 0.25) is 0 Å². The number of rotatable bonds is 5. The summed E-state index contributed by atoms with van der Waals surface area (Å²) in [5.74, 6) is -0.176. The first-order valence-corrected chi connectivity index (χ1v) is 8.73. The van der Waals surface area contributed by atoms with Crippen LogP contribution in [0, 0.1) is 6.92 Å². The molecule has 26 heavy (non-hydrogen) atoms. The second-order valence-electron chi connectivity index (χ2n) is 6.51. The topological polar surface area (TPSA) is 50.2 Å². The molecule has 0 aliphatic carbocycles. The molecule has 0 atom stereocenters. The summed E-state index contributed by atoms with van der Waals surface area (Å²) in [4.78, 5) is 12.7. The maximum absolute atomic E-state index is 12.7. The molecule has 0 saturated carbocycles. The number of nitrogens with zero attached hydrogens (tertiary/aromatic N) is 3. The van der Waals surface area contributed by atoms with Gasteiger partial charge in [-0.1, -0.05) is 49.4 Å². The third-order valence-corrected chi connectivity index (χ3v) is 4.28. The second-order valence-corrected chi connectivity index (χ2v) is 6.51. The lowest BCUT2D eigenvalue weighted by Gasteiger charge is -2.11. The van der Waals surface area contributed by atoms with Crippen LogP contribution in [0.15, 0.2) is 54.7 Å². The zero-order chi connectivity index (χ0) is 18.7. The smallest absolute Gasteiger partial charge is 0.269 e. The van der Waals surface area contributed by atoms with Crippen molar-refractivity contribution < 1.29 is 4.79 Å². The lowest BCUT2D eigenvalue weighted by atomic mass is 10.0. The number of benzene rings is 2. The normalized spacial score (nSPS) is 11.0. The van der Waals surface area contributed by atoms with Crippen LogP contribution in [0.4, 0.5) is 0 Å². The second kappa shape index (κ2) is 7.54. The predicted molar refractivity (Wildman–Crippen MR) is 104 cm³/mol. The minimum Gasteiger partial charge on any atom is -0.285 e. The van der Waals surface area contributed by atoms with Gasteiger partial charge in [0.05, 0.1) is 11.3 Å². The van der Waals surface area contributed by atoms with Gasteiger partial charge in [0.1, 0.15) is 5.69 Å². The minimum atomic E-state index is -0.176. The molecule has 1 N–H and O–H groups in total. The number of hydrogen-bond donors (Lipinski definition) is 1. The van der Waals surface area contributed by atoms with E-state index in [1.54, 1.807) is 30.0 Å². The summed E-state index contributed by atoms with van der Waals surface area (Å²) >= 11 is 0. The van der Waals surface area contributed by atoms with Crippen LogP contribution in [0.1, 0.15) is 28.4 Å². The van der Waals surface area contributed by atoms with Gasteiger partial charge in [-0.3, -0.25) is 10.2 Å². The summed E-state index contributed by atoms with van der Waals surface area (Å²) < 4.78 is 1.78. The largest absolute Gasteiger partial charge is 0.285 e. The SMILES string of the molecule is CCc1ccc(-c2nn(-c3ccccc3C)cc2C(=O)NN(C)C)cc1. The number of aromatic nitrogens is 2. The van der Waals surface area contributed by atoms with Crippen LogP contribution in [0.3, 0.4) is 0 Å². The molecule has 3 rings (SSSR count). The number of nitrogens with one attached hydrogen (secondary N) is 1. The first kappa shape index (κ1) is 17.9. The number of hydrazine groups is 1. The van der Waals surface area contributed by atoms with Gasteiger partial charge in [-0.05, 0) is 30.5 Å². The summed E-state index contributed by atoms with van der Waals surface area (Å²) in [5, 5.41) is 6.37. The summed E-state index contributed by atoms with van der Waals surface area (Å²) in [5.41, 5.74) is 8.28. The van der Waals surface area contributed by atoms with Gasteiger partial charge in [-0.15, -0.1) is 0 Å². The fourth-order valence-electron chi connectivity index (χ4n) is 2.86. The fraction of sp³-hybridized carbons (Fsp3) is 0.238. The van der Waals surface area contributed by atoms with Gasteiger partial charge in [0, 0.05) is 25.9 Å². The Morgan fingerprint density at radius 1 is 1.12 bits per heavy atom. The predicted octanol–water partition coefficient (Wildman–Crippen LogP) is 3.62. The number of hydrogen-bond acceptors (Lipinski definition) is 3. The van der Waals surface area contributed by atoms with E-state index in [4.69, 9.17) is 5.10 Å². The van der Waals surface area contributed by atoms with E-state index >= 15 is 0 Å². The summed E-state index contributed by atoms with van der Waals surface area (Å²) in [7, 11) is 3.58. The molecule has 0 saturated heterocycles. The van der Waals surface area contributed by atoms with E-state index < -0.39 is 0 Å². The number of para-hydroxylation sites is 1. The number of carbonyl (C=O) groups is 1. The molecule has 2 aromatic carbocycles. The van der Waals surface area contributed by atoms with Gasteiger partial charge >= 0.3 is 0 Å². The van der Waals surface area contributed by atoms with Crippen LogP contribution in [-0.2, 0) is 6.42 Å². The van der Waals surface area contributed by atoms with Gasteiger partial charge < -0.3 is 0 Å². The molecule has 0 fully saturated rings. The van der Waals surface area contributed by atoms with Gasteiger partial charge in [-0.25, -0.2) is 9.69 Å². The lowest BCUT2D eigenvalue weighted by Crippen LogP contribution is -2.36. The Labute approximate surface area is 154 Å². The van der Waals surface area contributed by atoms with E-state index in [9.17, 15) is 4.79 Å². The summed E-state index contributed by atoms with van der Waals surface area (Å²) in [6, 6.07) is 16.2. The van der Waals surface area contributed by atoms with Crippen LogP contribution >= 0.6 is 0 Å². The highest BCUT2D eigenvalue weighted by Crippen LogP contribution is 2.25. The average Bonchev–Trinajstić information content (AvgIpc) is 3.07. The molecular formula is C21H24N4O. The van der Waals surface area contributed by atoms with Crippen molar-refractivity contribution in [2.45, 2.75) is 20.3 Å². The maximum Gasteiger partial charge on any atom is 0.269 e. The van der Waals surface area contributed by atoms with Gasteiger partial charge in [-0.2, -0.15) is 5.10 Å². The fourth-order valence-corrected chi connectivity index (χ4v) is 2.86. The van der Waals surface area contributed by atoms with Crippen molar-refractivity contribution in [3.63, 3.8) is 0 Å². The number of amides is 1. The van der Waals surface area contributed by atoms with Crippen LogP contribution in [-0.4, -0.2) is 34.8 Å². The molecule has 0 unspecified atom stereocenters. The minimum absolute atomic E-state index is 0.176. The molecule has 1 heterocycles. The lowest BCUT2D eigenvalue weighted by molar-refractivity contribution is 0.0857. The van der Waals surface area contributed by atoms with Crippen LogP contribution in [0.5, 0.6) is 0 Å². The first-order valence-electron chi connectivity index (χ1n) is 8.73. The first-order chi connectivity index (χ1) is 12.5. The van der Waals surface area contributed by atoms with Gasteiger partial charge in [0.2, 0.25) is 0 Å². The molecule has 0 radical (unpaired) electrons. The Balaban J connectivity index is 2.11. The molecule has 3 aromatic rings. The average molecular weight is 348 g/mol. The third-order valence-electron chi connectivity index (χ3n) is 4.28. The van der Waals surface area contributed by atoms with E-state index in [1.807, 2.05) is 43.3 Å². The maximum atomic E-state index is 12.7. The molecule has 0 aliphatic rings. The Hall–Kier alpha value is -2.92. The Kier molecular flexibility index (Phi) is 5.19. The molecule has 5 nitrogen and oxygen atoms in total. The van der Waals surface area contributed by atoms with Gasteiger partial charge in [0.25, 0.3) is 5.91 Å². The molecular weight excluding hydrogens is 324 g/mol.